The summed E-state index contributed by atoms with van der Waals surface area (Å²) in [5.41, 5.74) is 5.33. The molecule has 32 heavy (non-hydrogen) atoms. The molecule has 0 spiro atoms. The largest absolute Gasteiger partial charge is 0.448 e. The van der Waals surface area contributed by atoms with Crippen LogP contribution in [0.25, 0.3) is 11.1 Å². The lowest BCUT2D eigenvalue weighted by molar-refractivity contribution is 0.450. The molecule has 2 nitrogen and oxygen atoms in total. The predicted molar refractivity (Wildman–Crippen MR) is 140 cm³/mol. The molecule has 0 bridgehead atoms. The van der Waals surface area contributed by atoms with Gasteiger partial charge in [-0.2, -0.15) is 0 Å². The van der Waals surface area contributed by atoms with Crippen molar-refractivity contribution in [2.45, 2.75) is 71.8 Å². The molecule has 1 atom stereocenters. The monoisotopic (exact) mass is 445 g/mol. The SMILES string of the molecule is CCCCCC(C)(C)c1ccc(N(C(C)C)P2Oc3ccccc3-c3ccccc32)cc1. The first kappa shape index (κ1) is 22.9. The van der Waals surface area contributed by atoms with Gasteiger partial charge < -0.3 is 9.19 Å². The van der Waals surface area contributed by atoms with E-state index in [1.54, 1.807) is 0 Å². The van der Waals surface area contributed by atoms with Crippen LogP contribution in [0.1, 0.15) is 65.9 Å². The topological polar surface area (TPSA) is 12.5 Å². The van der Waals surface area contributed by atoms with E-state index in [1.165, 1.54) is 53.4 Å². The van der Waals surface area contributed by atoms with Crippen LogP contribution in [-0.2, 0) is 5.41 Å². The molecule has 1 aliphatic rings. The van der Waals surface area contributed by atoms with E-state index in [2.05, 4.69) is 112 Å². The molecule has 0 fully saturated rings. The van der Waals surface area contributed by atoms with Gasteiger partial charge in [0.1, 0.15) is 5.75 Å². The van der Waals surface area contributed by atoms with Crippen LogP contribution in [0.2, 0.25) is 0 Å². The standard InChI is InChI=1S/C29H36NOP/c1-6-7-12-21-29(4,5)23-17-19-24(20-18-23)30(22(2)3)32-28-16-11-9-14-26(28)25-13-8-10-15-27(25)31-32/h8-11,13-20,22H,6-7,12,21H2,1-5H3. The quantitative estimate of drug-likeness (QED) is 0.255. The molecule has 0 radical (unpaired) electrons. The minimum absolute atomic E-state index is 0.203. The molecule has 0 aliphatic carbocycles. The van der Waals surface area contributed by atoms with Crippen LogP contribution in [0, 0.1) is 0 Å². The van der Waals surface area contributed by atoms with Gasteiger partial charge in [-0.05, 0) is 61.1 Å². The maximum Gasteiger partial charge on any atom is 0.226 e. The van der Waals surface area contributed by atoms with Crippen molar-refractivity contribution >= 4 is 19.3 Å². The Morgan fingerprint density at radius 1 is 0.844 bits per heavy atom. The van der Waals surface area contributed by atoms with Crippen LogP contribution in [0.4, 0.5) is 5.69 Å². The van der Waals surface area contributed by atoms with E-state index in [4.69, 9.17) is 4.52 Å². The normalized spacial score (nSPS) is 15.1. The Morgan fingerprint density at radius 2 is 1.50 bits per heavy atom. The molecule has 0 aromatic heterocycles. The van der Waals surface area contributed by atoms with Gasteiger partial charge in [-0.1, -0.05) is 88.6 Å². The van der Waals surface area contributed by atoms with E-state index in [9.17, 15) is 0 Å². The minimum atomic E-state index is -0.969. The molecule has 0 saturated carbocycles. The van der Waals surface area contributed by atoms with Gasteiger partial charge in [-0.3, -0.25) is 0 Å². The molecule has 0 amide bonds. The number of unbranched alkanes of at least 4 members (excludes halogenated alkanes) is 2. The number of para-hydroxylation sites is 1. The summed E-state index contributed by atoms with van der Waals surface area (Å²) in [5, 5.41) is 1.29. The third kappa shape index (κ3) is 4.57. The van der Waals surface area contributed by atoms with Crippen molar-refractivity contribution in [1.29, 1.82) is 0 Å². The highest BCUT2D eigenvalue weighted by Crippen LogP contribution is 2.53. The molecular weight excluding hydrogens is 409 g/mol. The second-order valence-electron chi connectivity index (χ2n) is 9.70. The summed E-state index contributed by atoms with van der Waals surface area (Å²) in [5.74, 6) is 0.983. The zero-order valence-electron chi connectivity index (χ0n) is 20.1. The van der Waals surface area contributed by atoms with Crippen LogP contribution < -0.4 is 14.5 Å². The lowest BCUT2D eigenvalue weighted by atomic mass is 9.80. The van der Waals surface area contributed by atoms with Crippen molar-refractivity contribution in [2.75, 3.05) is 4.67 Å². The fourth-order valence-corrected chi connectivity index (χ4v) is 6.72. The summed E-state index contributed by atoms with van der Waals surface area (Å²) in [6.07, 6.45) is 5.10. The van der Waals surface area contributed by atoms with Gasteiger partial charge in [0.05, 0.1) is 0 Å². The first-order chi connectivity index (χ1) is 15.4. The average molecular weight is 446 g/mol. The fourth-order valence-electron chi connectivity index (χ4n) is 4.58. The molecule has 3 heteroatoms. The van der Waals surface area contributed by atoms with E-state index in [-0.39, 0.29) is 5.41 Å². The number of nitrogens with zero attached hydrogens (tertiary/aromatic N) is 1. The van der Waals surface area contributed by atoms with Crippen LogP contribution in [0.5, 0.6) is 5.75 Å². The Balaban J connectivity index is 1.67. The third-order valence-corrected chi connectivity index (χ3v) is 8.73. The maximum atomic E-state index is 6.69. The smallest absolute Gasteiger partial charge is 0.226 e. The highest BCUT2D eigenvalue weighted by atomic mass is 31.2. The highest BCUT2D eigenvalue weighted by Gasteiger charge is 2.33. The molecule has 0 N–H and O–H groups in total. The van der Waals surface area contributed by atoms with Gasteiger partial charge >= 0.3 is 0 Å². The molecular formula is C29H36NOP. The number of hydrogen-bond donors (Lipinski definition) is 0. The number of fused-ring (bicyclic) bond motifs is 3. The van der Waals surface area contributed by atoms with E-state index in [0.29, 0.717) is 6.04 Å². The summed E-state index contributed by atoms with van der Waals surface area (Å²) < 4.78 is 9.16. The lowest BCUT2D eigenvalue weighted by Gasteiger charge is -2.39. The Morgan fingerprint density at radius 3 is 2.19 bits per heavy atom. The van der Waals surface area contributed by atoms with Gasteiger partial charge in [-0.25, -0.2) is 0 Å². The van der Waals surface area contributed by atoms with Crippen molar-refractivity contribution in [3.63, 3.8) is 0 Å². The molecule has 0 saturated heterocycles. The maximum absolute atomic E-state index is 6.69. The van der Waals surface area contributed by atoms with Gasteiger partial charge in [0.15, 0.2) is 0 Å². The van der Waals surface area contributed by atoms with Crippen molar-refractivity contribution in [3.8, 4) is 16.9 Å². The highest BCUT2D eigenvalue weighted by molar-refractivity contribution is 7.63. The summed E-state index contributed by atoms with van der Waals surface area (Å²) in [4.78, 5) is 0. The molecule has 1 aliphatic heterocycles. The molecule has 3 aromatic rings. The number of rotatable bonds is 8. The summed E-state index contributed by atoms with van der Waals surface area (Å²) in [7, 11) is -0.969. The molecule has 4 rings (SSSR count). The van der Waals surface area contributed by atoms with Crippen molar-refractivity contribution < 1.29 is 4.52 Å². The molecule has 1 heterocycles. The van der Waals surface area contributed by atoms with Crippen molar-refractivity contribution in [3.05, 3.63) is 78.4 Å². The first-order valence-corrected chi connectivity index (χ1v) is 13.2. The van der Waals surface area contributed by atoms with Crippen LogP contribution in [-0.4, -0.2) is 6.04 Å². The van der Waals surface area contributed by atoms with Crippen LogP contribution >= 0.6 is 8.30 Å². The fraction of sp³-hybridized carbons (Fsp3) is 0.379. The third-order valence-electron chi connectivity index (χ3n) is 6.48. The van der Waals surface area contributed by atoms with Gasteiger partial charge in [0.2, 0.25) is 8.30 Å². The van der Waals surface area contributed by atoms with E-state index in [0.717, 1.165) is 5.75 Å². The van der Waals surface area contributed by atoms with Gasteiger partial charge in [0.25, 0.3) is 0 Å². The predicted octanol–water partition coefficient (Wildman–Crippen LogP) is 8.46. The minimum Gasteiger partial charge on any atom is -0.448 e. The molecule has 3 aromatic carbocycles. The number of hydrogen-bond acceptors (Lipinski definition) is 2. The molecule has 168 valence electrons. The Hall–Kier alpha value is -2.31. The number of anilines is 1. The van der Waals surface area contributed by atoms with E-state index < -0.39 is 8.30 Å². The van der Waals surface area contributed by atoms with E-state index in [1.807, 2.05) is 0 Å². The zero-order chi connectivity index (χ0) is 22.7. The van der Waals surface area contributed by atoms with E-state index >= 15 is 0 Å². The van der Waals surface area contributed by atoms with Crippen LogP contribution in [0.3, 0.4) is 0 Å². The summed E-state index contributed by atoms with van der Waals surface area (Å²) >= 11 is 0. The zero-order valence-corrected chi connectivity index (χ0v) is 21.0. The average Bonchev–Trinajstić information content (AvgIpc) is 2.79. The van der Waals surface area contributed by atoms with Crippen molar-refractivity contribution in [2.24, 2.45) is 0 Å². The Bertz CT molecular complexity index is 1040. The van der Waals surface area contributed by atoms with Crippen molar-refractivity contribution in [1.82, 2.24) is 0 Å². The lowest BCUT2D eigenvalue weighted by Crippen LogP contribution is -2.33. The summed E-state index contributed by atoms with van der Waals surface area (Å²) in [6.45, 7) is 11.5. The van der Waals surface area contributed by atoms with Gasteiger partial charge in [-0.15, -0.1) is 0 Å². The second-order valence-corrected chi connectivity index (χ2v) is 11.3. The van der Waals surface area contributed by atoms with Crippen LogP contribution in [0.15, 0.2) is 72.8 Å². The second kappa shape index (κ2) is 9.67. The Kier molecular flexibility index (Phi) is 6.91. The first-order valence-electron chi connectivity index (χ1n) is 12.0. The summed E-state index contributed by atoms with van der Waals surface area (Å²) in [6, 6.07) is 26.7. The molecule has 1 unspecified atom stereocenters. The van der Waals surface area contributed by atoms with Gasteiger partial charge in [0, 0.05) is 22.6 Å². The number of benzene rings is 3. The Labute approximate surface area is 195 Å².